The van der Waals surface area contributed by atoms with Gasteiger partial charge >= 0.3 is 0 Å². The van der Waals surface area contributed by atoms with E-state index in [4.69, 9.17) is 0 Å². The number of amides is 1. The third-order valence-corrected chi connectivity index (χ3v) is 2.51. The summed E-state index contributed by atoms with van der Waals surface area (Å²) in [5.74, 6) is 0.829. The summed E-state index contributed by atoms with van der Waals surface area (Å²) in [6.07, 6.45) is 1.90. The van der Waals surface area contributed by atoms with Crippen LogP contribution in [0.3, 0.4) is 0 Å². The number of carbonyl (C=O) groups is 1. The van der Waals surface area contributed by atoms with Crippen LogP contribution in [0, 0.1) is 5.92 Å². The molecule has 0 atom stereocenters. The van der Waals surface area contributed by atoms with Crippen LogP contribution in [0.4, 0.5) is 0 Å². The minimum absolute atomic E-state index is 0.158. The predicted octanol–water partition coefficient (Wildman–Crippen LogP) is 1.12. The first kappa shape index (κ1) is 8.35. The van der Waals surface area contributed by atoms with Gasteiger partial charge in [0.1, 0.15) is 5.69 Å². The molecule has 1 aliphatic heterocycles. The van der Waals surface area contributed by atoms with Crippen LogP contribution in [0.2, 0.25) is 0 Å². The average molecular weight is 178 g/mol. The van der Waals surface area contributed by atoms with Gasteiger partial charge in [0.05, 0.1) is 0 Å². The van der Waals surface area contributed by atoms with Gasteiger partial charge in [0.25, 0.3) is 5.91 Å². The standard InChI is InChI=1S/C10H14N2O/c1-8-6-12(7-8)10(13)9-4-3-5-11(9)2/h3-5,8H,6-7H2,1-2H3. The number of aromatic nitrogens is 1. The molecule has 0 unspecified atom stereocenters. The fraction of sp³-hybridized carbons (Fsp3) is 0.500. The van der Waals surface area contributed by atoms with Gasteiger partial charge in [-0.2, -0.15) is 0 Å². The van der Waals surface area contributed by atoms with E-state index >= 15 is 0 Å². The Morgan fingerprint density at radius 1 is 1.54 bits per heavy atom. The van der Waals surface area contributed by atoms with Crippen molar-refractivity contribution in [1.82, 2.24) is 9.47 Å². The summed E-state index contributed by atoms with van der Waals surface area (Å²) in [7, 11) is 1.90. The van der Waals surface area contributed by atoms with Crippen molar-refractivity contribution in [2.45, 2.75) is 6.92 Å². The first-order valence-corrected chi connectivity index (χ1v) is 4.59. The molecule has 2 heterocycles. The Bertz CT molecular complexity index is 323. The summed E-state index contributed by atoms with van der Waals surface area (Å²) in [5.41, 5.74) is 0.784. The number of likely N-dealkylation sites (tertiary alicyclic amines) is 1. The highest BCUT2D eigenvalue weighted by molar-refractivity contribution is 5.93. The van der Waals surface area contributed by atoms with Crippen molar-refractivity contribution in [3.63, 3.8) is 0 Å². The van der Waals surface area contributed by atoms with Gasteiger partial charge in [-0.3, -0.25) is 4.79 Å². The molecule has 3 heteroatoms. The molecule has 3 nitrogen and oxygen atoms in total. The smallest absolute Gasteiger partial charge is 0.270 e. The van der Waals surface area contributed by atoms with E-state index < -0.39 is 0 Å². The van der Waals surface area contributed by atoms with E-state index in [1.54, 1.807) is 0 Å². The van der Waals surface area contributed by atoms with Crippen molar-refractivity contribution < 1.29 is 4.79 Å². The fourth-order valence-electron chi connectivity index (χ4n) is 1.71. The molecule has 1 amide bonds. The van der Waals surface area contributed by atoms with Gasteiger partial charge in [-0.1, -0.05) is 6.92 Å². The van der Waals surface area contributed by atoms with Crippen molar-refractivity contribution in [2.24, 2.45) is 13.0 Å². The summed E-state index contributed by atoms with van der Waals surface area (Å²) < 4.78 is 1.87. The molecule has 0 spiro atoms. The highest BCUT2D eigenvalue weighted by Gasteiger charge is 2.28. The monoisotopic (exact) mass is 178 g/mol. The molecule has 0 radical (unpaired) electrons. The first-order valence-electron chi connectivity index (χ1n) is 4.59. The third kappa shape index (κ3) is 1.34. The fourth-order valence-corrected chi connectivity index (χ4v) is 1.71. The van der Waals surface area contributed by atoms with Gasteiger partial charge in [0.15, 0.2) is 0 Å². The van der Waals surface area contributed by atoms with E-state index in [-0.39, 0.29) is 5.91 Å². The Morgan fingerprint density at radius 3 is 2.69 bits per heavy atom. The van der Waals surface area contributed by atoms with E-state index in [2.05, 4.69) is 6.92 Å². The maximum atomic E-state index is 11.8. The van der Waals surface area contributed by atoms with Gasteiger partial charge in [0, 0.05) is 26.3 Å². The second-order valence-corrected chi connectivity index (χ2v) is 3.82. The topological polar surface area (TPSA) is 25.2 Å². The lowest BCUT2D eigenvalue weighted by atomic mass is 10.0. The highest BCUT2D eigenvalue weighted by Crippen LogP contribution is 2.17. The Kier molecular flexibility index (Phi) is 1.87. The normalized spacial score (nSPS) is 17.2. The van der Waals surface area contributed by atoms with Crippen LogP contribution < -0.4 is 0 Å². The van der Waals surface area contributed by atoms with Crippen molar-refractivity contribution in [2.75, 3.05) is 13.1 Å². The second-order valence-electron chi connectivity index (χ2n) is 3.82. The van der Waals surface area contributed by atoms with Gasteiger partial charge in [0.2, 0.25) is 0 Å². The second kappa shape index (κ2) is 2.91. The van der Waals surface area contributed by atoms with Crippen molar-refractivity contribution in [3.8, 4) is 0 Å². The zero-order valence-electron chi connectivity index (χ0n) is 8.03. The summed E-state index contributed by atoms with van der Waals surface area (Å²) in [6, 6.07) is 3.77. The minimum Gasteiger partial charge on any atom is -0.347 e. The van der Waals surface area contributed by atoms with Crippen molar-refractivity contribution >= 4 is 5.91 Å². The zero-order chi connectivity index (χ0) is 9.42. The van der Waals surface area contributed by atoms with Crippen molar-refractivity contribution in [1.29, 1.82) is 0 Å². The summed E-state index contributed by atoms with van der Waals surface area (Å²) in [6.45, 7) is 3.98. The molecule has 0 bridgehead atoms. The molecule has 0 saturated carbocycles. The lowest BCUT2D eigenvalue weighted by Gasteiger charge is -2.37. The van der Waals surface area contributed by atoms with Crippen LogP contribution in [0.15, 0.2) is 18.3 Å². The van der Waals surface area contributed by atoms with Crippen LogP contribution in [-0.4, -0.2) is 28.5 Å². The van der Waals surface area contributed by atoms with E-state index in [1.165, 1.54) is 0 Å². The maximum absolute atomic E-state index is 11.8. The number of hydrogen-bond donors (Lipinski definition) is 0. The molecule has 13 heavy (non-hydrogen) atoms. The van der Waals surface area contributed by atoms with E-state index in [9.17, 15) is 4.79 Å². The SMILES string of the molecule is CC1CN(C(=O)c2cccn2C)C1. The molecule has 1 aromatic heterocycles. The van der Waals surface area contributed by atoms with Gasteiger partial charge in [-0.05, 0) is 18.1 Å². The number of aryl methyl sites for hydroxylation is 1. The van der Waals surface area contributed by atoms with Crippen LogP contribution in [0.5, 0.6) is 0 Å². The summed E-state index contributed by atoms with van der Waals surface area (Å²) in [4.78, 5) is 13.6. The Labute approximate surface area is 78.0 Å². The zero-order valence-corrected chi connectivity index (χ0v) is 8.03. The van der Waals surface area contributed by atoms with E-state index in [1.807, 2.05) is 34.8 Å². The Morgan fingerprint density at radius 2 is 2.23 bits per heavy atom. The number of rotatable bonds is 1. The molecule has 1 saturated heterocycles. The Hall–Kier alpha value is -1.25. The van der Waals surface area contributed by atoms with E-state index in [0.29, 0.717) is 5.92 Å². The van der Waals surface area contributed by atoms with Crippen LogP contribution in [0.25, 0.3) is 0 Å². The van der Waals surface area contributed by atoms with Crippen LogP contribution >= 0.6 is 0 Å². The van der Waals surface area contributed by atoms with Crippen molar-refractivity contribution in [3.05, 3.63) is 24.0 Å². The minimum atomic E-state index is 0.158. The van der Waals surface area contributed by atoms with Crippen LogP contribution in [0.1, 0.15) is 17.4 Å². The molecule has 70 valence electrons. The molecule has 1 aliphatic rings. The molecular formula is C10H14N2O. The van der Waals surface area contributed by atoms with E-state index in [0.717, 1.165) is 18.8 Å². The summed E-state index contributed by atoms with van der Waals surface area (Å²) >= 11 is 0. The van der Waals surface area contributed by atoms with Crippen LogP contribution in [-0.2, 0) is 7.05 Å². The highest BCUT2D eigenvalue weighted by atomic mass is 16.2. The molecule has 0 aliphatic carbocycles. The van der Waals surface area contributed by atoms with Gasteiger partial charge < -0.3 is 9.47 Å². The molecule has 2 rings (SSSR count). The third-order valence-electron chi connectivity index (χ3n) is 2.51. The average Bonchev–Trinajstić information content (AvgIpc) is 2.44. The molecule has 0 N–H and O–H groups in total. The van der Waals surface area contributed by atoms with Gasteiger partial charge in [-0.15, -0.1) is 0 Å². The molecular weight excluding hydrogens is 164 g/mol. The lowest BCUT2D eigenvalue weighted by Crippen LogP contribution is -2.49. The largest absolute Gasteiger partial charge is 0.347 e. The molecule has 0 aromatic carbocycles. The molecule has 1 aromatic rings. The number of carbonyl (C=O) groups excluding carboxylic acids is 1. The lowest BCUT2D eigenvalue weighted by molar-refractivity contribution is 0.0520. The first-order chi connectivity index (χ1) is 6.18. The van der Waals surface area contributed by atoms with Gasteiger partial charge in [-0.25, -0.2) is 0 Å². The summed E-state index contributed by atoms with van der Waals surface area (Å²) in [5, 5.41) is 0. The number of nitrogens with zero attached hydrogens (tertiary/aromatic N) is 2. The molecule has 1 fully saturated rings. The maximum Gasteiger partial charge on any atom is 0.270 e. The number of hydrogen-bond acceptors (Lipinski definition) is 1. The predicted molar refractivity (Wildman–Crippen MR) is 50.5 cm³/mol. The Balaban J connectivity index is 2.10. The quantitative estimate of drug-likeness (QED) is 0.632.